The first-order chi connectivity index (χ1) is 12.1. The Balaban J connectivity index is -0.0000000536. The molecule has 0 aliphatic carbocycles. The normalized spacial score (nSPS) is 11.1. The van der Waals surface area contributed by atoms with E-state index in [0.29, 0.717) is 0 Å². The number of para-hydroxylation sites is 1. The van der Waals surface area contributed by atoms with E-state index in [1.165, 1.54) is 13.1 Å². The summed E-state index contributed by atoms with van der Waals surface area (Å²) in [5, 5.41) is 6.30. The summed E-state index contributed by atoms with van der Waals surface area (Å²) < 4.78 is 0. The van der Waals surface area contributed by atoms with Crippen LogP contribution in [0.1, 0.15) is 62.3 Å². The molecule has 1 aromatic carbocycles. The van der Waals surface area contributed by atoms with E-state index >= 15 is 0 Å². The maximum absolute atomic E-state index is 3.27. The van der Waals surface area contributed by atoms with Crippen LogP contribution in [0.25, 0.3) is 0 Å². The lowest BCUT2D eigenvalue weighted by atomic mass is 10.3. The van der Waals surface area contributed by atoms with Crippen molar-refractivity contribution in [3.05, 3.63) is 30.3 Å². The van der Waals surface area contributed by atoms with Crippen molar-refractivity contribution in [1.29, 1.82) is 0 Å². The van der Waals surface area contributed by atoms with Crippen LogP contribution < -0.4 is 16.8 Å². The minimum absolute atomic E-state index is 0. The molecule has 2 rings (SSSR count). The SMILES string of the molecule is CC.CC.CC.CC(C)C.CN1CCNCC1.CNc1ccccc1.I.N. The number of nitrogens with one attached hydrogen (secondary N) is 2. The molecule has 5 heteroatoms. The van der Waals surface area contributed by atoms with Crippen molar-refractivity contribution in [1.82, 2.24) is 16.4 Å². The molecular formula is C22H53IN4. The van der Waals surface area contributed by atoms with E-state index in [1.807, 2.05) is 78.9 Å². The predicted octanol–water partition coefficient (Wildman–Crippen LogP) is 6.77. The van der Waals surface area contributed by atoms with E-state index in [2.05, 4.69) is 43.4 Å². The number of benzene rings is 1. The van der Waals surface area contributed by atoms with Crippen molar-refractivity contribution in [2.24, 2.45) is 5.92 Å². The monoisotopic (exact) mass is 500 g/mol. The Hall–Kier alpha value is -0.370. The van der Waals surface area contributed by atoms with Crippen LogP contribution in [0.15, 0.2) is 30.3 Å². The zero-order valence-corrected chi connectivity index (χ0v) is 22.7. The Morgan fingerprint density at radius 1 is 0.852 bits per heavy atom. The Kier molecular flexibility index (Phi) is 61.4. The highest BCUT2D eigenvalue weighted by Crippen LogP contribution is 2.01. The number of halogens is 1. The molecule has 1 heterocycles. The molecule has 0 amide bonds. The summed E-state index contributed by atoms with van der Waals surface area (Å²) >= 11 is 0. The van der Waals surface area contributed by atoms with Gasteiger partial charge in [-0.1, -0.05) is 80.5 Å². The van der Waals surface area contributed by atoms with Crippen LogP contribution in [0.3, 0.4) is 0 Å². The van der Waals surface area contributed by atoms with E-state index < -0.39 is 0 Å². The van der Waals surface area contributed by atoms with Gasteiger partial charge in [-0.2, -0.15) is 0 Å². The Labute approximate surface area is 189 Å². The fourth-order valence-corrected chi connectivity index (χ4v) is 1.38. The topological polar surface area (TPSA) is 62.3 Å². The molecule has 1 aliphatic rings. The van der Waals surface area contributed by atoms with Crippen LogP contribution in [-0.2, 0) is 0 Å². The van der Waals surface area contributed by atoms with Crippen molar-refractivity contribution in [3.63, 3.8) is 0 Å². The van der Waals surface area contributed by atoms with Crippen molar-refractivity contribution in [2.75, 3.05) is 45.6 Å². The van der Waals surface area contributed by atoms with Crippen LogP contribution in [-0.4, -0.2) is 45.2 Å². The van der Waals surface area contributed by atoms with Crippen molar-refractivity contribution < 1.29 is 0 Å². The second-order valence-corrected chi connectivity index (χ2v) is 5.40. The number of likely N-dealkylation sites (N-methyl/N-ethyl adjacent to an activating group) is 1. The molecule has 27 heavy (non-hydrogen) atoms. The molecule has 0 radical (unpaired) electrons. The summed E-state index contributed by atoms with van der Waals surface area (Å²) in [6.45, 7) is 23.2. The van der Waals surface area contributed by atoms with Crippen molar-refractivity contribution in [2.45, 2.75) is 62.3 Å². The fourth-order valence-electron chi connectivity index (χ4n) is 1.38. The average Bonchev–Trinajstić information content (AvgIpc) is 2.68. The van der Waals surface area contributed by atoms with Gasteiger partial charge in [0.05, 0.1) is 0 Å². The number of anilines is 1. The minimum atomic E-state index is 0. The maximum atomic E-state index is 3.27. The first kappa shape index (κ1) is 41.1. The van der Waals surface area contributed by atoms with Crippen LogP contribution in [0.4, 0.5) is 5.69 Å². The number of piperazine rings is 1. The molecular weight excluding hydrogens is 447 g/mol. The van der Waals surface area contributed by atoms with Gasteiger partial charge in [-0.15, -0.1) is 24.0 Å². The van der Waals surface area contributed by atoms with Gasteiger partial charge < -0.3 is 21.7 Å². The molecule has 1 saturated heterocycles. The van der Waals surface area contributed by atoms with Crippen LogP contribution >= 0.6 is 24.0 Å². The first-order valence-corrected chi connectivity index (χ1v) is 10.2. The number of nitrogens with zero attached hydrogens (tertiary/aromatic N) is 1. The van der Waals surface area contributed by atoms with Gasteiger partial charge in [-0.3, -0.25) is 0 Å². The van der Waals surface area contributed by atoms with E-state index in [4.69, 9.17) is 0 Å². The summed E-state index contributed by atoms with van der Waals surface area (Å²) in [5.41, 5.74) is 1.16. The van der Waals surface area contributed by atoms with Gasteiger partial charge in [0, 0.05) is 38.9 Å². The molecule has 0 spiro atoms. The summed E-state index contributed by atoms with van der Waals surface area (Å²) in [6, 6.07) is 10.1. The van der Waals surface area contributed by atoms with Crippen LogP contribution in [0.5, 0.6) is 0 Å². The third-order valence-corrected chi connectivity index (χ3v) is 2.40. The summed E-state index contributed by atoms with van der Waals surface area (Å²) in [6.07, 6.45) is 0. The lowest BCUT2D eigenvalue weighted by molar-refractivity contribution is 0.291. The molecule has 5 N–H and O–H groups in total. The molecule has 0 saturated carbocycles. The molecule has 1 aromatic rings. The Bertz CT molecular complexity index is 287. The highest BCUT2D eigenvalue weighted by molar-refractivity contribution is 14.0. The summed E-state index contributed by atoms with van der Waals surface area (Å²) in [4.78, 5) is 2.33. The highest BCUT2D eigenvalue weighted by Gasteiger charge is 2.01. The predicted molar refractivity (Wildman–Crippen MR) is 141 cm³/mol. The zero-order valence-electron chi connectivity index (χ0n) is 20.4. The van der Waals surface area contributed by atoms with Crippen LogP contribution in [0, 0.1) is 5.92 Å². The van der Waals surface area contributed by atoms with Gasteiger partial charge in [-0.25, -0.2) is 0 Å². The Morgan fingerprint density at radius 2 is 1.19 bits per heavy atom. The van der Waals surface area contributed by atoms with Crippen molar-refractivity contribution in [3.8, 4) is 0 Å². The highest BCUT2D eigenvalue weighted by atomic mass is 127. The van der Waals surface area contributed by atoms with Gasteiger partial charge in [-0.05, 0) is 25.1 Å². The number of rotatable bonds is 1. The minimum Gasteiger partial charge on any atom is -0.388 e. The van der Waals surface area contributed by atoms with Gasteiger partial charge in [0.2, 0.25) is 0 Å². The molecule has 0 atom stereocenters. The van der Waals surface area contributed by atoms with Gasteiger partial charge in [0.25, 0.3) is 0 Å². The van der Waals surface area contributed by atoms with Crippen molar-refractivity contribution >= 4 is 29.7 Å². The second-order valence-electron chi connectivity index (χ2n) is 5.40. The molecule has 0 aromatic heterocycles. The van der Waals surface area contributed by atoms with E-state index in [0.717, 1.165) is 24.7 Å². The first-order valence-electron chi connectivity index (χ1n) is 10.2. The van der Waals surface area contributed by atoms with E-state index in [-0.39, 0.29) is 30.1 Å². The van der Waals surface area contributed by atoms with E-state index in [1.54, 1.807) is 0 Å². The lowest BCUT2D eigenvalue weighted by Gasteiger charge is -2.21. The number of hydrogen-bond donors (Lipinski definition) is 3. The average molecular weight is 501 g/mol. The molecule has 168 valence electrons. The molecule has 1 aliphatic heterocycles. The Morgan fingerprint density at radius 3 is 1.37 bits per heavy atom. The van der Waals surface area contributed by atoms with Gasteiger partial charge >= 0.3 is 0 Å². The molecule has 4 nitrogen and oxygen atoms in total. The van der Waals surface area contributed by atoms with E-state index in [9.17, 15) is 0 Å². The van der Waals surface area contributed by atoms with Gasteiger partial charge in [0.1, 0.15) is 0 Å². The molecule has 0 unspecified atom stereocenters. The molecule has 1 fully saturated rings. The maximum Gasteiger partial charge on any atom is 0.0337 e. The third-order valence-electron chi connectivity index (χ3n) is 2.40. The summed E-state index contributed by atoms with van der Waals surface area (Å²) in [7, 11) is 4.07. The lowest BCUT2D eigenvalue weighted by Crippen LogP contribution is -2.40. The zero-order chi connectivity index (χ0) is 20.5. The smallest absolute Gasteiger partial charge is 0.0337 e. The quantitative estimate of drug-likeness (QED) is 0.373. The largest absolute Gasteiger partial charge is 0.388 e. The summed E-state index contributed by atoms with van der Waals surface area (Å²) in [5.74, 6) is 0.833. The van der Waals surface area contributed by atoms with Gasteiger partial charge in [0.15, 0.2) is 0 Å². The second kappa shape index (κ2) is 40.3. The fraction of sp³-hybridized carbons (Fsp3) is 0.727. The van der Waals surface area contributed by atoms with Crippen LogP contribution in [0.2, 0.25) is 0 Å². The third kappa shape index (κ3) is 46.0. The number of hydrogen-bond acceptors (Lipinski definition) is 4. The molecule has 0 bridgehead atoms. The standard InChI is InChI=1S/C7H9N.C5H12N2.C4H10.3C2H6.HI.H3N/c1-8-7-5-3-2-4-6-7;1-7-4-2-6-3-5-7;1-4(2)3;3*1-2;;/h2-6,8H,1H3;6H,2-5H2,1H3;4H,1-3H3;3*1-2H3;1H;1H3.